The van der Waals surface area contributed by atoms with Crippen molar-refractivity contribution in [2.45, 2.75) is 6.54 Å². The molecule has 3 aromatic rings. The Morgan fingerprint density at radius 1 is 1.32 bits per heavy atom. The van der Waals surface area contributed by atoms with Crippen molar-refractivity contribution in [3.8, 4) is 0 Å². The van der Waals surface area contributed by atoms with E-state index in [4.69, 9.17) is 17.4 Å². The van der Waals surface area contributed by atoms with Gasteiger partial charge in [-0.25, -0.2) is 10.2 Å². The molecule has 1 heterocycles. The lowest BCUT2D eigenvalue weighted by Gasteiger charge is -2.13. The van der Waals surface area contributed by atoms with E-state index in [1.165, 1.54) is 6.07 Å². The second-order valence-electron chi connectivity index (χ2n) is 5.81. The highest BCUT2D eigenvalue weighted by Gasteiger charge is 2.18. The Kier molecular flexibility index (Phi) is 4.61. The third kappa shape index (κ3) is 3.29. The number of carbonyl (C=O) groups is 1. The minimum Gasteiger partial charge on any atom is -0.378 e. The smallest absolute Gasteiger partial charge is 0.286 e. The fourth-order valence-corrected chi connectivity index (χ4v) is 2.77. The number of nitrogens with two attached hydrogens (primary N) is 1. The number of rotatable bonds is 4. The highest BCUT2D eigenvalue weighted by Crippen LogP contribution is 2.25. The number of nitrogens with zero attached hydrogens (tertiary/aromatic N) is 3. The number of benzene rings is 2. The quantitative estimate of drug-likeness (QED) is 0.425. The summed E-state index contributed by atoms with van der Waals surface area (Å²) in [7, 11) is 3.82. The minimum absolute atomic E-state index is 0.161. The molecule has 1 aromatic heterocycles. The highest BCUT2D eigenvalue weighted by molar-refractivity contribution is 6.30. The van der Waals surface area contributed by atoms with Crippen molar-refractivity contribution < 1.29 is 9.18 Å². The number of carbonyl (C=O) groups excluding carboxylic acids is 1. The first-order chi connectivity index (χ1) is 11.9. The molecule has 130 valence electrons. The lowest BCUT2D eigenvalue weighted by molar-refractivity contribution is 0.0949. The third-order valence-corrected chi connectivity index (χ3v) is 4.17. The number of nitrogens with one attached hydrogen (secondary N) is 1. The van der Waals surface area contributed by atoms with Crippen LogP contribution in [0.4, 0.5) is 10.1 Å². The van der Waals surface area contributed by atoms with Gasteiger partial charge in [0.2, 0.25) is 0 Å². The Morgan fingerprint density at radius 2 is 2.08 bits per heavy atom. The van der Waals surface area contributed by atoms with Crippen LogP contribution in [0.3, 0.4) is 0 Å². The molecule has 0 bridgehead atoms. The Labute approximate surface area is 148 Å². The standard InChI is InChI=1S/C17H17ClFN5O/c1-23(2)12-5-6-13-15(8-12)24(22-16(13)17(25)21-20)9-10-3-4-11(18)7-14(10)19/h3-8H,9,20H2,1-2H3,(H,21,25). The van der Waals surface area contributed by atoms with Crippen LogP contribution in [0, 0.1) is 5.82 Å². The van der Waals surface area contributed by atoms with Crippen molar-refractivity contribution in [2.75, 3.05) is 19.0 Å². The van der Waals surface area contributed by atoms with Crippen LogP contribution in [0.5, 0.6) is 0 Å². The maximum absolute atomic E-state index is 14.1. The fraction of sp³-hybridized carbons (Fsp3) is 0.176. The average Bonchev–Trinajstić information content (AvgIpc) is 2.94. The summed E-state index contributed by atoms with van der Waals surface area (Å²) in [6, 6.07) is 10.0. The molecule has 0 spiro atoms. The molecule has 0 saturated carbocycles. The molecule has 0 unspecified atom stereocenters. The van der Waals surface area contributed by atoms with Crippen LogP contribution in [-0.4, -0.2) is 29.8 Å². The van der Waals surface area contributed by atoms with Gasteiger partial charge in [0.05, 0.1) is 12.1 Å². The van der Waals surface area contributed by atoms with E-state index >= 15 is 0 Å². The minimum atomic E-state index is -0.502. The molecule has 3 rings (SSSR count). The lowest BCUT2D eigenvalue weighted by Crippen LogP contribution is -2.30. The molecule has 0 aliphatic carbocycles. The summed E-state index contributed by atoms with van der Waals surface area (Å²) in [5.74, 6) is 4.32. The molecule has 0 aliphatic heterocycles. The third-order valence-electron chi connectivity index (χ3n) is 3.93. The summed E-state index contributed by atoms with van der Waals surface area (Å²) in [5.41, 5.74) is 4.34. The van der Waals surface area contributed by atoms with Gasteiger partial charge in [-0.1, -0.05) is 17.7 Å². The number of hydrazine groups is 1. The molecule has 2 aromatic carbocycles. The van der Waals surface area contributed by atoms with Gasteiger partial charge < -0.3 is 4.90 Å². The number of aromatic nitrogens is 2. The van der Waals surface area contributed by atoms with E-state index < -0.39 is 11.7 Å². The average molecular weight is 362 g/mol. The normalized spacial score (nSPS) is 10.9. The van der Waals surface area contributed by atoms with Gasteiger partial charge in [-0.15, -0.1) is 0 Å². The van der Waals surface area contributed by atoms with Gasteiger partial charge in [0.25, 0.3) is 5.91 Å². The van der Waals surface area contributed by atoms with Crippen LogP contribution in [-0.2, 0) is 6.54 Å². The Balaban J connectivity index is 2.15. The number of amides is 1. The number of fused-ring (bicyclic) bond motifs is 1. The molecule has 8 heteroatoms. The van der Waals surface area contributed by atoms with E-state index in [9.17, 15) is 9.18 Å². The molecule has 6 nitrogen and oxygen atoms in total. The number of halogens is 2. The highest BCUT2D eigenvalue weighted by atomic mass is 35.5. The van der Waals surface area contributed by atoms with Crippen LogP contribution in [0.1, 0.15) is 16.1 Å². The fourth-order valence-electron chi connectivity index (χ4n) is 2.61. The van der Waals surface area contributed by atoms with Crippen LogP contribution in [0.2, 0.25) is 5.02 Å². The van der Waals surface area contributed by atoms with Gasteiger partial charge in [0.1, 0.15) is 5.82 Å². The van der Waals surface area contributed by atoms with Gasteiger partial charge in [-0.3, -0.25) is 14.9 Å². The summed E-state index contributed by atoms with van der Waals surface area (Å²) >= 11 is 5.80. The summed E-state index contributed by atoms with van der Waals surface area (Å²) in [4.78, 5) is 13.9. The molecule has 0 fully saturated rings. The molecule has 1 amide bonds. The molecule has 0 aliphatic rings. The van der Waals surface area contributed by atoms with Gasteiger partial charge in [-0.05, 0) is 30.3 Å². The lowest BCUT2D eigenvalue weighted by atomic mass is 10.1. The van der Waals surface area contributed by atoms with Gasteiger partial charge >= 0.3 is 0 Å². The maximum atomic E-state index is 14.1. The largest absolute Gasteiger partial charge is 0.378 e. The van der Waals surface area contributed by atoms with Gasteiger partial charge in [0.15, 0.2) is 5.69 Å². The predicted molar refractivity (Wildman–Crippen MR) is 96.2 cm³/mol. The van der Waals surface area contributed by atoms with Gasteiger partial charge in [0, 0.05) is 35.8 Å². The van der Waals surface area contributed by atoms with E-state index in [0.717, 1.165) is 5.69 Å². The zero-order valence-corrected chi connectivity index (χ0v) is 14.5. The molecular formula is C17H17ClFN5O. The first kappa shape index (κ1) is 17.2. The van der Waals surface area contributed by atoms with Crippen molar-refractivity contribution in [1.29, 1.82) is 0 Å². The van der Waals surface area contributed by atoms with Crippen LogP contribution >= 0.6 is 11.6 Å². The zero-order valence-electron chi connectivity index (χ0n) is 13.8. The van der Waals surface area contributed by atoms with Crippen molar-refractivity contribution in [3.05, 3.63) is 58.5 Å². The summed E-state index contributed by atoms with van der Waals surface area (Å²) in [6.07, 6.45) is 0. The summed E-state index contributed by atoms with van der Waals surface area (Å²) in [5, 5.41) is 5.29. The zero-order chi connectivity index (χ0) is 18.1. The van der Waals surface area contributed by atoms with E-state index in [1.807, 2.05) is 31.1 Å². The van der Waals surface area contributed by atoms with Crippen molar-refractivity contribution in [1.82, 2.24) is 15.2 Å². The van der Waals surface area contributed by atoms with E-state index in [2.05, 4.69) is 10.5 Å². The molecule has 0 radical (unpaired) electrons. The molecule has 3 N–H and O–H groups in total. The van der Waals surface area contributed by atoms with Crippen LogP contribution in [0.15, 0.2) is 36.4 Å². The van der Waals surface area contributed by atoms with Crippen LogP contribution in [0.25, 0.3) is 10.9 Å². The van der Waals surface area contributed by atoms with Crippen LogP contribution < -0.4 is 16.2 Å². The number of hydrogen-bond donors (Lipinski definition) is 2. The summed E-state index contributed by atoms with van der Waals surface area (Å²) < 4.78 is 15.7. The maximum Gasteiger partial charge on any atom is 0.286 e. The monoisotopic (exact) mass is 361 g/mol. The Bertz CT molecular complexity index is 954. The summed E-state index contributed by atoms with van der Waals surface area (Å²) in [6.45, 7) is 0.161. The number of anilines is 1. The Morgan fingerprint density at radius 3 is 2.72 bits per heavy atom. The van der Waals surface area contributed by atoms with E-state index in [-0.39, 0.29) is 12.2 Å². The number of hydrogen-bond acceptors (Lipinski definition) is 4. The topological polar surface area (TPSA) is 76.2 Å². The van der Waals surface area contributed by atoms with Crippen molar-refractivity contribution in [3.63, 3.8) is 0 Å². The van der Waals surface area contributed by atoms with Crippen molar-refractivity contribution in [2.24, 2.45) is 5.84 Å². The second-order valence-corrected chi connectivity index (χ2v) is 6.25. The molecular weight excluding hydrogens is 345 g/mol. The van der Waals surface area contributed by atoms with Gasteiger partial charge in [-0.2, -0.15) is 5.10 Å². The second kappa shape index (κ2) is 6.70. The molecule has 0 saturated heterocycles. The van der Waals surface area contributed by atoms with Crippen molar-refractivity contribution >= 4 is 34.1 Å². The predicted octanol–water partition coefficient (Wildman–Crippen LogP) is 2.55. The van der Waals surface area contributed by atoms with E-state index in [1.54, 1.807) is 22.9 Å². The first-order valence-corrected chi connectivity index (χ1v) is 7.91. The number of nitrogen functional groups attached to an aromatic ring is 1. The Hall–Kier alpha value is -2.64. The molecule has 25 heavy (non-hydrogen) atoms. The molecule has 0 atom stereocenters. The first-order valence-electron chi connectivity index (χ1n) is 7.53. The van der Waals surface area contributed by atoms with E-state index in [0.29, 0.717) is 21.5 Å². The SMILES string of the molecule is CN(C)c1ccc2c(C(=O)NN)nn(Cc3ccc(Cl)cc3F)c2c1.